The first-order valence-electron chi connectivity index (χ1n) is 5.30. The Morgan fingerprint density at radius 1 is 1.11 bits per heavy atom. The van der Waals surface area contributed by atoms with Crippen LogP contribution in [0.2, 0.25) is 0 Å². The Hall–Kier alpha value is -2.80. The third-order valence-electron chi connectivity index (χ3n) is 2.31. The smallest absolute Gasteiger partial charge is 0.211 e. The van der Waals surface area contributed by atoms with Crippen LogP contribution in [0.25, 0.3) is 0 Å². The van der Waals surface area contributed by atoms with Crippen LogP contribution in [-0.2, 0) is 4.79 Å². The molecule has 18 heavy (non-hydrogen) atoms. The topological polar surface area (TPSA) is 62.1 Å². The molecule has 1 amide bonds. The van der Waals surface area contributed by atoms with Crippen LogP contribution < -0.4 is 10.1 Å². The number of nitrogens with one attached hydrogen (secondary N) is 1. The molecule has 1 N–H and O–H groups in total. The lowest BCUT2D eigenvalue weighted by molar-refractivity contribution is -0.105. The van der Waals surface area contributed by atoms with Crippen molar-refractivity contribution in [1.29, 1.82) is 5.26 Å². The Kier molecular flexibility index (Phi) is 3.57. The van der Waals surface area contributed by atoms with E-state index in [2.05, 4.69) is 5.32 Å². The molecule has 0 saturated carbocycles. The number of nitrogens with zero attached hydrogens (tertiary/aromatic N) is 1. The van der Waals surface area contributed by atoms with Crippen LogP contribution >= 0.6 is 0 Å². The van der Waals surface area contributed by atoms with Crippen molar-refractivity contribution in [3.05, 3.63) is 54.1 Å². The minimum absolute atomic E-state index is 0.550. The molecule has 0 unspecified atom stereocenters. The molecule has 0 spiro atoms. The molecule has 0 aliphatic heterocycles. The van der Waals surface area contributed by atoms with Gasteiger partial charge in [0.15, 0.2) is 5.75 Å². The highest BCUT2D eigenvalue weighted by molar-refractivity contribution is 5.75. The number of nitriles is 1. The first kappa shape index (κ1) is 11.7. The van der Waals surface area contributed by atoms with Gasteiger partial charge in [0.25, 0.3) is 0 Å². The summed E-state index contributed by atoms with van der Waals surface area (Å²) in [5.41, 5.74) is 1.17. The second-order valence-electron chi connectivity index (χ2n) is 3.50. The zero-order chi connectivity index (χ0) is 12.8. The van der Waals surface area contributed by atoms with Crippen LogP contribution in [-0.4, -0.2) is 6.41 Å². The van der Waals surface area contributed by atoms with Crippen LogP contribution in [0.1, 0.15) is 5.56 Å². The van der Waals surface area contributed by atoms with Gasteiger partial charge in [-0.15, -0.1) is 0 Å². The minimum atomic E-state index is 0.550. The van der Waals surface area contributed by atoms with E-state index in [0.29, 0.717) is 29.2 Å². The number of hydrogen-bond acceptors (Lipinski definition) is 3. The number of para-hydroxylation sites is 2. The molecule has 0 radical (unpaired) electrons. The summed E-state index contributed by atoms with van der Waals surface area (Å²) in [5.74, 6) is 1.16. The van der Waals surface area contributed by atoms with Gasteiger partial charge in [-0.2, -0.15) is 5.26 Å². The van der Waals surface area contributed by atoms with Gasteiger partial charge in [0.05, 0.1) is 17.3 Å². The number of benzene rings is 2. The lowest BCUT2D eigenvalue weighted by Gasteiger charge is -2.09. The Bertz CT molecular complexity index is 585. The van der Waals surface area contributed by atoms with E-state index in [9.17, 15) is 4.79 Å². The second kappa shape index (κ2) is 5.51. The molecule has 0 aliphatic carbocycles. The number of carbonyl (C=O) groups excluding carboxylic acids is 1. The Morgan fingerprint density at radius 3 is 2.50 bits per heavy atom. The van der Waals surface area contributed by atoms with Crippen molar-refractivity contribution in [3.8, 4) is 17.6 Å². The van der Waals surface area contributed by atoms with Gasteiger partial charge in [0.2, 0.25) is 6.41 Å². The van der Waals surface area contributed by atoms with Crippen molar-refractivity contribution in [2.75, 3.05) is 5.32 Å². The number of hydrogen-bond donors (Lipinski definition) is 1. The van der Waals surface area contributed by atoms with Crippen molar-refractivity contribution >= 4 is 12.1 Å². The number of rotatable bonds is 4. The number of amides is 1. The third kappa shape index (κ3) is 2.66. The van der Waals surface area contributed by atoms with Crippen LogP contribution in [0.5, 0.6) is 11.5 Å². The van der Waals surface area contributed by atoms with Gasteiger partial charge in [-0.1, -0.05) is 12.1 Å². The van der Waals surface area contributed by atoms with E-state index >= 15 is 0 Å². The van der Waals surface area contributed by atoms with Crippen molar-refractivity contribution < 1.29 is 9.53 Å². The van der Waals surface area contributed by atoms with Gasteiger partial charge in [-0.05, 0) is 36.4 Å². The summed E-state index contributed by atoms with van der Waals surface area (Å²) in [6.07, 6.45) is 0.598. The minimum Gasteiger partial charge on any atom is -0.455 e. The Morgan fingerprint density at radius 2 is 1.83 bits per heavy atom. The van der Waals surface area contributed by atoms with Crippen LogP contribution in [0.3, 0.4) is 0 Å². The lowest BCUT2D eigenvalue weighted by Crippen LogP contribution is -1.96. The fraction of sp³-hybridized carbons (Fsp3) is 0. The molecule has 0 saturated heterocycles. The van der Waals surface area contributed by atoms with Crippen molar-refractivity contribution in [2.24, 2.45) is 0 Å². The molecule has 4 heteroatoms. The maximum Gasteiger partial charge on any atom is 0.211 e. The number of ether oxygens (including phenoxy) is 1. The quantitative estimate of drug-likeness (QED) is 0.833. The van der Waals surface area contributed by atoms with Crippen molar-refractivity contribution in [2.45, 2.75) is 0 Å². The van der Waals surface area contributed by atoms with Gasteiger partial charge >= 0.3 is 0 Å². The zero-order valence-corrected chi connectivity index (χ0v) is 9.46. The summed E-state index contributed by atoms with van der Waals surface area (Å²) in [6.45, 7) is 0. The fourth-order valence-electron chi connectivity index (χ4n) is 1.46. The molecular weight excluding hydrogens is 228 g/mol. The monoisotopic (exact) mass is 238 g/mol. The van der Waals surface area contributed by atoms with Gasteiger partial charge in [0.1, 0.15) is 5.75 Å². The molecule has 0 aromatic heterocycles. The average Bonchev–Trinajstić information content (AvgIpc) is 2.42. The molecule has 2 aromatic rings. The predicted molar refractivity (Wildman–Crippen MR) is 67.4 cm³/mol. The van der Waals surface area contributed by atoms with Crippen LogP contribution in [0, 0.1) is 11.3 Å². The Balaban J connectivity index is 2.22. The number of carbonyl (C=O) groups is 1. The molecule has 2 aromatic carbocycles. The van der Waals surface area contributed by atoms with E-state index in [1.165, 1.54) is 0 Å². The van der Waals surface area contributed by atoms with E-state index in [1.807, 2.05) is 12.1 Å². The van der Waals surface area contributed by atoms with Crippen LogP contribution in [0.15, 0.2) is 48.5 Å². The molecule has 2 rings (SSSR count). The molecule has 0 atom stereocenters. The molecule has 0 bridgehead atoms. The third-order valence-corrected chi connectivity index (χ3v) is 2.31. The highest BCUT2D eigenvalue weighted by Crippen LogP contribution is 2.28. The van der Waals surface area contributed by atoms with Crippen molar-refractivity contribution in [3.63, 3.8) is 0 Å². The molecule has 0 heterocycles. The summed E-state index contributed by atoms with van der Waals surface area (Å²) >= 11 is 0. The molecule has 0 fully saturated rings. The maximum atomic E-state index is 10.5. The van der Waals surface area contributed by atoms with E-state index < -0.39 is 0 Å². The fourth-order valence-corrected chi connectivity index (χ4v) is 1.46. The van der Waals surface area contributed by atoms with E-state index in [0.717, 1.165) is 0 Å². The molecule has 88 valence electrons. The predicted octanol–water partition coefficient (Wildman–Crippen LogP) is 2.92. The highest BCUT2D eigenvalue weighted by Gasteiger charge is 2.03. The van der Waals surface area contributed by atoms with Gasteiger partial charge in [-0.3, -0.25) is 4.79 Å². The summed E-state index contributed by atoms with van der Waals surface area (Å²) in [6, 6.07) is 15.9. The Labute approximate surface area is 104 Å². The van der Waals surface area contributed by atoms with Crippen LogP contribution in [0.4, 0.5) is 5.69 Å². The van der Waals surface area contributed by atoms with Crippen molar-refractivity contribution in [1.82, 2.24) is 0 Å². The second-order valence-corrected chi connectivity index (χ2v) is 3.50. The summed E-state index contributed by atoms with van der Waals surface area (Å²) in [4.78, 5) is 10.5. The largest absolute Gasteiger partial charge is 0.455 e. The lowest BCUT2D eigenvalue weighted by atomic mass is 10.2. The first-order valence-corrected chi connectivity index (χ1v) is 5.30. The molecular formula is C14H10N2O2. The first-order chi connectivity index (χ1) is 8.83. The van der Waals surface area contributed by atoms with Gasteiger partial charge in [0, 0.05) is 0 Å². The standard InChI is InChI=1S/C14H10N2O2/c15-9-11-5-7-12(8-6-11)18-14-4-2-1-3-13(14)16-10-17/h1-8,10H,(H,16,17). The summed E-state index contributed by atoms with van der Waals surface area (Å²) in [7, 11) is 0. The summed E-state index contributed by atoms with van der Waals surface area (Å²) < 4.78 is 5.63. The van der Waals surface area contributed by atoms with E-state index in [1.54, 1.807) is 42.5 Å². The van der Waals surface area contributed by atoms with Gasteiger partial charge in [-0.25, -0.2) is 0 Å². The van der Waals surface area contributed by atoms with Gasteiger partial charge < -0.3 is 10.1 Å². The zero-order valence-electron chi connectivity index (χ0n) is 9.46. The highest BCUT2D eigenvalue weighted by atomic mass is 16.5. The molecule has 4 nitrogen and oxygen atoms in total. The average molecular weight is 238 g/mol. The maximum absolute atomic E-state index is 10.5. The van der Waals surface area contributed by atoms with E-state index in [4.69, 9.17) is 10.00 Å². The summed E-state index contributed by atoms with van der Waals surface area (Å²) in [5, 5.41) is 11.3. The molecule has 0 aliphatic rings. The SMILES string of the molecule is N#Cc1ccc(Oc2ccccc2NC=O)cc1. The number of anilines is 1. The normalized spacial score (nSPS) is 9.28. The van der Waals surface area contributed by atoms with E-state index in [-0.39, 0.29) is 0 Å².